The zero-order valence-electron chi connectivity index (χ0n) is 12.7. The van der Waals surface area contributed by atoms with Crippen molar-refractivity contribution in [3.63, 3.8) is 0 Å². The first-order valence-electron chi connectivity index (χ1n) is 7.47. The normalized spacial score (nSPS) is 21.1. The predicted octanol–water partition coefficient (Wildman–Crippen LogP) is 1.84. The molecule has 116 valence electrons. The van der Waals surface area contributed by atoms with E-state index < -0.39 is 0 Å². The molecule has 1 saturated carbocycles. The highest BCUT2D eigenvalue weighted by Gasteiger charge is 2.27. The molecule has 21 heavy (non-hydrogen) atoms. The van der Waals surface area contributed by atoms with E-state index in [4.69, 9.17) is 15.2 Å². The van der Waals surface area contributed by atoms with Gasteiger partial charge in [0.2, 0.25) is 5.91 Å². The quantitative estimate of drug-likeness (QED) is 0.839. The van der Waals surface area contributed by atoms with Gasteiger partial charge < -0.3 is 20.5 Å². The number of nitrogens with two attached hydrogens (primary N) is 1. The number of carbonyl (C=O) groups is 1. The van der Waals surface area contributed by atoms with Crippen LogP contribution < -0.4 is 20.5 Å². The summed E-state index contributed by atoms with van der Waals surface area (Å²) >= 11 is 0. The lowest BCUT2D eigenvalue weighted by molar-refractivity contribution is -0.125. The van der Waals surface area contributed by atoms with Gasteiger partial charge in [0.15, 0.2) is 11.5 Å². The Balaban J connectivity index is 1.92. The molecule has 0 radical (unpaired) electrons. The summed E-state index contributed by atoms with van der Waals surface area (Å²) in [6.07, 6.45) is 2.62. The Hall–Kier alpha value is -1.75. The average Bonchev–Trinajstić information content (AvgIpc) is 2.92. The summed E-state index contributed by atoms with van der Waals surface area (Å²) in [6.45, 7) is 3.02. The molecule has 1 aromatic carbocycles. The van der Waals surface area contributed by atoms with Crippen molar-refractivity contribution in [2.75, 3.05) is 13.7 Å². The second-order valence-electron chi connectivity index (χ2n) is 5.41. The van der Waals surface area contributed by atoms with E-state index in [2.05, 4.69) is 5.32 Å². The molecule has 1 aromatic rings. The van der Waals surface area contributed by atoms with Crippen LogP contribution >= 0.6 is 0 Å². The number of carbonyl (C=O) groups excluding carboxylic acids is 1. The number of nitrogens with one attached hydrogen (secondary N) is 1. The molecule has 3 N–H and O–H groups in total. The minimum absolute atomic E-state index is 0.0598. The number of hydrogen-bond donors (Lipinski definition) is 2. The Labute approximate surface area is 125 Å². The monoisotopic (exact) mass is 292 g/mol. The van der Waals surface area contributed by atoms with Crippen molar-refractivity contribution in [2.45, 2.75) is 38.8 Å². The summed E-state index contributed by atoms with van der Waals surface area (Å²) in [5, 5.41) is 2.97. The van der Waals surface area contributed by atoms with Crippen molar-refractivity contribution in [3.05, 3.63) is 23.8 Å². The van der Waals surface area contributed by atoms with E-state index in [1.54, 1.807) is 7.11 Å². The molecule has 1 amide bonds. The van der Waals surface area contributed by atoms with Crippen LogP contribution in [0.25, 0.3) is 0 Å². The van der Waals surface area contributed by atoms with Gasteiger partial charge in [-0.25, -0.2) is 0 Å². The van der Waals surface area contributed by atoms with Crippen molar-refractivity contribution in [3.8, 4) is 11.5 Å². The molecule has 0 spiro atoms. The molecule has 1 aliphatic carbocycles. The Morgan fingerprint density at radius 1 is 1.38 bits per heavy atom. The fraction of sp³-hybridized carbons (Fsp3) is 0.562. The number of hydrogen-bond acceptors (Lipinski definition) is 4. The molecule has 5 nitrogen and oxygen atoms in total. The largest absolute Gasteiger partial charge is 0.493 e. The topological polar surface area (TPSA) is 73.6 Å². The van der Waals surface area contributed by atoms with Gasteiger partial charge in [-0.15, -0.1) is 0 Å². The van der Waals surface area contributed by atoms with E-state index in [0.717, 1.165) is 30.6 Å². The lowest BCUT2D eigenvalue weighted by Crippen LogP contribution is -2.30. The van der Waals surface area contributed by atoms with Crippen molar-refractivity contribution < 1.29 is 14.3 Å². The molecule has 1 fully saturated rings. The first-order chi connectivity index (χ1) is 10.1. The summed E-state index contributed by atoms with van der Waals surface area (Å²) < 4.78 is 10.8. The third kappa shape index (κ3) is 4.11. The summed E-state index contributed by atoms with van der Waals surface area (Å²) in [4.78, 5) is 12.1. The second kappa shape index (κ2) is 7.31. The van der Waals surface area contributed by atoms with Gasteiger partial charge >= 0.3 is 0 Å². The van der Waals surface area contributed by atoms with Crippen LogP contribution in [0.5, 0.6) is 11.5 Å². The molecule has 0 aromatic heterocycles. The third-order valence-electron chi connectivity index (χ3n) is 3.84. The maximum atomic E-state index is 12.1. The van der Waals surface area contributed by atoms with Gasteiger partial charge in [0.25, 0.3) is 0 Å². The van der Waals surface area contributed by atoms with E-state index in [1.807, 2.05) is 25.1 Å². The van der Waals surface area contributed by atoms with E-state index >= 15 is 0 Å². The average molecular weight is 292 g/mol. The molecular formula is C16H24N2O3. The molecule has 0 heterocycles. The van der Waals surface area contributed by atoms with Gasteiger partial charge in [-0.1, -0.05) is 6.07 Å². The van der Waals surface area contributed by atoms with E-state index in [1.165, 1.54) is 0 Å². The summed E-state index contributed by atoms with van der Waals surface area (Å²) in [5.74, 6) is 1.56. The molecular weight excluding hydrogens is 268 g/mol. The van der Waals surface area contributed by atoms with Crippen molar-refractivity contribution in [1.82, 2.24) is 5.32 Å². The van der Waals surface area contributed by atoms with Crippen LogP contribution in [0.3, 0.4) is 0 Å². The Kier molecular flexibility index (Phi) is 5.44. The van der Waals surface area contributed by atoms with Crippen LogP contribution in [0.4, 0.5) is 0 Å². The Morgan fingerprint density at radius 2 is 2.19 bits per heavy atom. The van der Waals surface area contributed by atoms with Crippen LogP contribution in [0, 0.1) is 5.92 Å². The van der Waals surface area contributed by atoms with Crippen LogP contribution in [-0.4, -0.2) is 25.7 Å². The number of rotatable bonds is 6. The fourth-order valence-corrected chi connectivity index (χ4v) is 2.68. The first kappa shape index (κ1) is 15.6. The molecule has 1 aliphatic rings. The zero-order valence-corrected chi connectivity index (χ0v) is 12.7. The Morgan fingerprint density at radius 3 is 2.81 bits per heavy atom. The number of amides is 1. The van der Waals surface area contributed by atoms with Gasteiger partial charge in [0, 0.05) is 18.5 Å². The van der Waals surface area contributed by atoms with Gasteiger partial charge in [-0.05, 0) is 43.9 Å². The van der Waals surface area contributed by atoms with E-state index in [9.17, 15) is 4.79 Å². The lowest BCUT2D eigenvalue weighted by Gasteiger charge is -2.13. The predicted molar refractivity (Wildman–Crippen MR) is 81.3 cm³/mol. The maximum absolute atomic E-state index is 12.1. The summed E-state index contributed by atoms with van der Waals surface area (Å²) in [5.41, 5.74) is 6.83. The number of benzene rings is 1. The van der Waals surface area contributed by atoms with Crippen LogP contribution in [0.1, 0.15) is 31.7 Å². The molecule has 2 atom stereocenters. The van der Waals surface area contributed by atoms with Crippen LogP contribution in [-0.2, 0) is 11.3 Å². The smallest absolute Gasteiger partial charge is 0.223 e. The van der Waals surface area contributed by atoms with Gasteiger partial charge in [0.05, 0.1) is 13.7 Å². The Bertz CT molecular complexity index is 490. The first-order valence-corrected chi connectivity index (χ1v) is 7.47. The standard InChI is InChI=1S/C16H24N2O3/c1-3-21-14-7-4-11(8-15(14)20-2)10-18-16(19)12-5-6-13(17)9-12/h4,7-8,12-13H,3,5-6,9-10,17H2,1-2H3,(H,18,19). The second-order valence-corrected chi connectivity index (χ2v) is 5.41. The highest BCUT2D eigenvalue weighted by Crippen LogP contribution is 2.28. The highest BCUT2D eigenvalue weighted by atomic mass is 16.5. The zero-order chi connectivity index (χ0) is 15.2. The molecule has 5 heteroatoms. The fourth-order valence-electron chi connectivity index (χ4n) is 2.68. The maximum Gasteiger partial charge on any atom is 0.223 e. The van der Waals surface area contributed by atoms with Crippen molar-refractivity contribution in [2.24, 2.45) is 11.7 Å². The minimum Gasteiger partial charge on any atom is -0.493 e. The van der Waals surface area contributed by atoms with Gasteiger partial charge in [-0.2, -0.15) is 0 Å². The molecule has 0 bridgehead atoms. The third-order valence-corrected chi connectivity index (χ3v) is 3.84. The number of methoxy groups -OCH3 is 1. The van der Waals surface area contributed by atoms with Crippen molar-refractivity contribution >= 4 is 5.91 Å². The SMILES string of the molecule is CCOc1ccc(CNC(=O)C2CCC(N)C2)cc1OC. The van der Waals surface area contributed by atoms with E-state index in [0.29, 0.717) is 18.9 Å². The van der Waals surface area contributed by atoms with E-state index in [-0.39, 0.29) is 17.9 Å². The highest BCUT2D eigenvalue weighted by molar-refractivity contribution is 5.79. The summed E-state index contributed by atoms with van der Waals surface area (Å²) in [6, 6.07) is 5.88. The van der Waals surface area contributed by atoms with Gasteiger partial charge in [-0.3, -0.25) is 4.79 Å². The van der Waals surface area contributed by atoms with Crippen LogP contribution in [0.2, 0.25) is 0 Å². The molecule has 0 aliphatic heterocycles. The molecule has 2 unspecified atom stereocenters. The molecule has 2 rings (SSSR count). The van der Waals surface area contributed by atoms with Crippen LogP contribution in [0.15, 0.2) is 18.2 Å². The van der Waals surface area contributed by atoms with Gasteiger partial charge in [0.1, 0.15) is 0 Å². The summed E-state index contributed by atoms with van der Waals surface area (Å²) in [7, 11) is 1.61. The molecule has 0 saturated heterocycles. The van der Waals surface area contributed by atoms with Crippen molar-refractivity contribution in [1.29, 1.82) is 0 Å². The number of ether oxygens (including phenoxy) is 2. The lowest BCUT2D eigenvalue weighted by atomic mass is 10.1. The minimum atomic E-state index is 0.0598.